The molecule has 3 rings (SSSR count). The lowest BCUT2D eigenvalue weighted by Gasteiger charge is -2.15. The molecule has 0 saturated carbocycles. The van der Waals surface area contributed by atoms with Crippen molar-refractivity contribution in [2.24, 2.45) is 5.73 Å². The van der Waals surface area contributed by atoms with Crippen LogP contribution in [0.2, 0.25) is 0 Å². The number of nitrogens with one attached hydrogen (secondary N) is 1. The van der Waals surface area contributed by atoms with E-state index >= 15 is 0 Å². The number of aromatic nitrogens is 3. The molecule has 6 nitrogen and oxygen atoms in total. The zero-order valence-corrected chi connectivity index (χ0v) is 15.3. The lowest BCUT2D eigenvalue weighted by Crippen LogP contribution is -2.26. The van der Waals surface area contributed by atoms with Crippen molar-refractivity contribution in [3.8, 4) is 11.3 Å². The Morgan fingerprint density at radius 3 is 2.56 bits per heavy atom. The molecule has 0 unspecified atom stereocenters. The van der Waals surface area contributed by atoms with Crippen LogP contribution in [0.15, 0.2) is 65.7 Å². The van der Waals surface area contributed by atoms with Crippen LogP contribution < -0.4 is 16.6 Å². The van der Waals surface area contributed by atoms with Gasteiger partial charge >= 0.3 is 0 Å². The SMILES string of the molecule is NCCCCNc1nc(-c2ccncc2)cc(=O)n1CCc1ccccc1. The number of nitrogens with zero attached hydrogens (tertiary/aromatic N) is 3. The highest BCUT2D eigenvalue weighted by Crippen LogP contribution is 2.16. The molecule has 0 aliphatic heterocycles. The summed E-state index contributed by atoms with van der Waals surface area (Å²) in [5.41, 5.74) is 8.23. The molecule has 0 saturated heterocycles. The summed E-state index contributed by atoms with van der Waals surface area (Å²) in [6.07, 6.45) is 6.04. The number of rotatable bonds is 9. The van der Waals surface area contributed by atoms with Gasteiger partial charge in [0.05, 0.1) is 5.69 Å². The summed E-state index contributed by atoms with van der Waals surface area (Å²) < 4.78 is 1.71. The molecule has 3 N–H and O–H groups in total. The zero-order chi connectivity index (χ0) is 18.9. The Hall–Kier alpha value is -2.99. The predicted octanol–water partition coefficient (Wildman–Crippen LogP) is 2.70. The topological polar surface area (TPSA) is 85.8 Å². The molecule has 0 radical (unpaired) electrons. The van der Waals surface area contributed by atoms with E-state index in [4.69, 9.17) is 10.7 Å². The van der Waals surface area contributed by atoms with Gasteiger partial charge in [0.2, 0.25) is 5.95 Å². The van der Waals surface area contributed by atoms with Crippen molar-refractivity contribution in [3.63, 3.8) is 0 Å². The molecule has 0 aliphatic rings. The van der Waals surface area contributed by atoms with Crippen molar-refractivity contribution in [3.05, 3.63) is 76.8 Å². The molecular weight excluding hydrogens is 338 g/mol. The second kappa shape index (κ2) is 9.64. The lowest BCUT2D eigenvalue weighted by atomic mass is 10.1. The third-order valence-electron chi connectivity index (χ3n) is 4.37. The maximum atomic E-state index is 12.8. The van der Waals surface area contributed by atoms with Crippen molar-refractivity contribution in [1.82, 2.24) is 14.5 Å². The van der Waals surface area contributed by atoms with Gasteiger partial charge in [0, 0.05) is 37.1 Å². The maximum absolute atomic E-state index is 12.8. The van der Waals surface area contributed by atoms with Gasteiger partial charge < -0.3 is 11.1 Å². The first-order valence-corrected chi connectivity index (χ1v) is 9.28. The van der Waals surface area contributed by atoms with E-state index in [1.54, 1.807) is 23.0 Å². The summed E-state index contributed by atoms with van der Waals surface area (Å²) in [7, 11) is 0. The van der Waals surface area contributed by atoms with Crippen molar-refractivity contribution in [1.29, 1.82) is 0 Å². The van der Waals surface area contributed by atoms with Crippen molar-refractivity contribution in [2.75, 3.05) is 18.4 Å². The maximum Gasteiger partial charge on any atom is 0.255 e. The summed E-state index contributed by atoms with van der Waals surface area (Å²) in [5.74, 6) is 0.599. The number of anilines is 1. The fourth-order valence-corrected chi connectivity index (χ4v) is 2.88. The van der Waals surface area contributed by atoms with Crippen molar-refractivity contribution >= 4 is 5.95 Å². The Kier molecular flexibility index (Phi) is 6.71. The molecule has 2 aromatic heterocycles. The van der Waals surface area contributed by atoms with Crippen LogP contribution in [0.1, 0.15) is 18.4 Å². The molecule has 1 aromatic carbocycles. The largest absolute Gasteiger partial charge is 0.356 e. The van der Waals surface area contributed by atoms with E-state index in [9.17, 15) is 4.79 Å². The monoisotopic (exact) mass is 363 g/mol. The first-order chi connectivity index (χ1) is 13.3. The first kappa shape index (κ1) is 18.8. The number of hydrogen-bond donors (Lipinski definition) is 2. The molecule has 0 amide bonds. The molecule has 0 bridgehead atoms. The van der Waals surface area contributed by atoms with E-state index in [2.05, 4.69) is 22.4 Å². The number of benzene rings is 1. The number of unbranched alkanes of at least 4 members (excludes halogenated alkanes) is 1. The van der Waals surface area contributed by atoms with Crippen LogP contribution in [0, 0.1) is 0 Å². The molecular formula is C21H25N5O. The molecule has 6 heteroatoms. The van der Waals surface area contributed by atoms with Crippen LogP contribution in [0.4, 0.5) is 5.95 Å². The molecule has 3 aromatic rings. The van der Waals surface area contributed by atoms with E-state index in [0.717, 1.165) is 31.4 Å². The summed E-state index contributed by atoms with van der Waals surface area (Å²) in [6, 6.07) is 15.4. The fourth-order valence-electron chi connectivity index (χ4n) is 2.88. The molecule has 0 fully saturated rings. The quantitative estimate of drug-likeness (QED) is 0.571. The van der Waals surface area contributed by atoms with Crippen LogP contribution in [-0.2, 0) is 13.0 Å². The smallest absolute Gasteiger partial charge is 0.255 e. The highest BCUT2D eigenvalue weighted by molar-refractivity contribution is 5.59. The average molecular weight is 363 g/mol. The van der Waals surface area contributed by atoms with E-state index < -0.39 is 0 Å². The van der Waals surface area contributed by atoms with Crippen LogP contribution in [0.3, 0.4) is 0 Å². The van der Waals surface area contributed by atoms with Crippen molar-refractivity contribution in [2.45, 2.75) is 25.8 Å². The minimum absolute atomic E-state index is 0.0610. The standard InChI is InChI=1S/C21H25N5O/c22-11-4-5-12-24-21-25-19(18-8-13-23-14-9-18)16-20(27)26(21)15-10-17-6-2-1-3-7-17/h1-3,6-9,13-14,16H,4-5,10-12,15,22H2,(H,24,25). The zero-order valence-electron chi connectivity index (χ0n) is 15.3. The Bertz CT molecular complexity index is 893. The van der Waals surface area contributed by atoms with Crippen molar-refractivity contribution < 1.29 is 0 Å². The van der Waals surface area contributed by atoms with Crippen LogP contribution in [-0.4, -0.2) is 27.6 Å². The van der Waals surface area contributed by atoms with E-state index in [0.29, 0.717) is 24.7 Å². The highest BCUT2D eigenvalue weighted by Gasteiger charge is 2.10. The summed E-state index contributed by atoms with van der Waals surface area (Å²) in [5, 5.41) is 3.32. The van der Waals surface area contributed by atoms with Gasteiger partial charge in [-0.1, -0.05) is 30.3 Å². The Labute approximate surface area is 159 Å². The number of hydrogen-bond acceptors (Lipinski definition) is 5. The molecule has 0 aliphatic carbocycles. The molecule has 140 valence electrons. The minimum atomic E-state index is -0.0610. The third-order valence-corrected chi connectivity index (χ3v) is 4.37. The van der Waals surface area contributed by atoms with Gasteiger partial charge in [0.1, 0.15) is 0 Å². The van der Waals surface area contributed by atoms with Crippen LogP contribution >= 0.6 is 0 Å². The molecule has 0 atom stereocenters. The van der Waals surface area contributed by atoms with Gasteiger partial charge in [0.15, 0.2) is 0 Å². The highest BCUT2D eigenvalue weighted by atomic mass is 16.1. The normalized spacial score (nSPS) is 10.7. The van der Waals surface area contributed by atoms with Gasteiger partial charge in [-0.2, -0.15) is 0 Å². The van der Waals surface area contributed by atoms with Crippen LogP contribution in [0.5, 0.6) is 0 Å². The van der Waals surface area contributed by atoms with Gasteiger partial charge in [-0.3, -0.25) is 14.3 Å². The predicted molar refractivity (Wildman–Crippen MR) is 109 cm³/mol. The van der Waals surface area contributed by atoms with E-state index in [1.807, 2.05) is 30.3 Å². The summed E-state index contributed by atoms with van der Waals surface area (Å²) in [6.45, 7) is 1.97. The van der Waals surface area contributed by atoms with Crippen LogP contribution in [0.25, 0.3) is 11.3 Å². The first-order valence-electron chi connectivity index (χ1n) is 9.28. The Morgan fingerprint density at radius 1 is 1.04 bits per heavy atom. The second-order valence-electron chi connectivity index (χ2n) is 6.35. The van der Waals surface area contributed by atoms with Gasteiger partial charge in [-0.05, 0) is 43.5 Å². The minimum Gasteiger partial charge on any atom is -0.356 e. The Balaban J connectivity index is 1.86. The molecule has 27 heavy (non-hydrogen) atoms. The van der Waals surface area contributed by atoms with Gasteiger partial charge in [0.25, 0.3) is 5.56 Å². The number of nitrogens with two attached hydrogens (primary N) is 1. The summed E-state index contributed by atoms with van der Waals surface area (Å²) in [4.78, 5) is 21.5. The molecule has 2 heterocycles. The van der Waals surface area contributed by atoms with E-state index in [-0.39, 0.29) is 5.56 Å². The average Bonchev–Trinajstić information content (AvgIpc) is 2.71. The molecule has 0 spiro atoms. The van der Waals surface area contributed by atoms with Gasteiger partial charge in [-0.15, -0.1) is 0 Å². The Morgan fingerprint density at radius 2 is 1.81 bits per heavy atom. The summed E-state index contributed by atoms with van der Waals surface area (Å²) >= 11 is 0. The number of aryl methyl sites for hydroxylation is 1. The second-order valence-corrected chi connectivity index (χ2v) is 6.35. The fraction of sp³-hybridized carbons (Fsp3) is 0.286. The number of pyridine rings is 1. The lowest BCUT2D eigenvalue weighted by molar-refractivity contribution is 0.656. The third kappa shape index (κ3) is 5.24. The van der Waals surface area contributed by atoms with Gasteiger partial charge in [-0.25, -0.2) is 4.98 Å². The van der Waals surface area contributed by atoms with E-state index in [1.165, 1.54) is 5.56 Å².